The van der Waals surface area contributed by atoms with Gasteiger partial charge in [-0.25, -0.2) is 4.79 Å². The predicted molar refractivity (Wildman–Crippen MR) is 93.9 cm³/mol. The molecule has 24 heavy (non-hydrogen) atoms. The Morgan fingerprint density at radius 3 is 2.54 bits per heavy atom. The fraction of sp³-hybridized carbons (Fsp3) is 0.556. The Hall–Kier alpha value is -2.08. The molecule has 6 heteroatoms. The Kier molecular flexibility index (Phi) is 8.26. The second-order valence-electron chi connectivity index (χ2n) is 6.37. The molecule has 0 saturated heterocycles. The zero-order valence-electron chi connectivity index (χ0n) is 15.0. The van der Waals surface area contributed by atoms with Crippen molar-refractivity contribution in [1.82, 2.24) is 5.32 Å². The summed E-state index contributed by atoms with van der Waals surface area (Å²) in [6.07, 6.45) is 0.391. The predicted octanol–water partition coefficient (Wildman–Crippen LogP) is 3.47. The van der Waals surface area contributed by atoms with Gasteiger partial charge in [-0.2, -0.15) is 0 Å². The van der Waals surface area contributed by atoms with Crippen molar-refractivity contribution in [2.24, 2.45) is 0 Å². The second kappa shape index (κ2) is 9.93. The van der Waals surface area contributed by atoms with E-state index in [1.807, 2.05) is 31.2 Å². The van der Waals surface area contributed by atoms with Crippen LogP contribution in [0.25, 0.3) is 0 Å². The van der Waals surface area contributed by atoms with E-state index in [0.717, 1.165) is 11.3 Å². The monoisotopic (exact) mass is 336 g/mol. The van der Waals surface area contributed by atoms with Crippen LogP contribution in [0.15, 0.2) is 24.3 Å². The summed E-state index contributed by atoms with van der Waals surface area (Å²) in [5, 5.41) is 5.52. The lowest BCUT2D eigenvalue weighted by molar-refractivity contribution is -0.116. The summed E-state index contributed by atoms with van der Waals surface area (Å²) in [7, 11) is 0. The highest BCUT2D eigenvalue weighted by Gasteiger charge is 2.15. The first kappa shape index (κ1) is 20.0. The van der Waals surface area contributed by atoms with Crippen LogP contribution in [-0.4, -0.2) is 30.8 Å². The fourth-order valence-electron chi connectivity index (χ4n) is 1.95. The molecule has 0 radical (unpaired) electrons. The highest BCUT2D eigenvalue weighted by Crippen LogP contribution is 2.16. The van der Waals surface area contributed by atoms with Gasteiger partial charge >= 0.3 is 6.09 Å². The Morgan fingerprint density at radius 2 is 1.88 bits per heavy atom. The summed E-state index contributed by atoms with van der Waals surface area (Å²) < 4.78 is 10.5. The number of carbonyl (C=O) groups is 2. The summed E-state index contributed by atoms with van der Waals surface area (Å²) in [6.45, 7) is 8.83. The normalized spacial score (nSPS) is 11.0. The molecular formula is C18H28N2O4. The van der Waals surface area contributed by atoms with Crippen molar-refractivity contribution in [3.05, 3.63) is 29.8 Å². The molecule has 0 aliphatic rings. The molecule has 6 nitrogen and oxygen atoms in total. The van der Waals surface area contributed by atoms with E-state index in [1.165, 1.54) is 0 Å². The molecule has 0 atom stereocenters. The largest absolute Gasteiger partial charge is 0.444 e. The number of amides is 2. The Balaban J connectivity index is 2.33. The van der Waals surface area contributed by atoms with Crippen molar-refractivity contribution in [2.75, 3.05) is 18.5 Å². The minimum atomic E-state index is -0.522. The molecule has 1 aromatic rings. The van der Waals surface area contributed by atoms with Crippen molar-refractivity contribution in [1.29, 1.82) is 0 Å². The van der Waals surface area contributed by atoms with E-state index in [0.29, 0.717) is 32.6 Å². The van der Waals surface area contributed by atoms with Gasteiger partial charge in [0.05, 0.1) is 6.61 Å². The van der Waals surface area contributed by atoms with E-state index in [2.05, 4.69) is 10.6 Å². The third-order valence-electron chi connectivity index (χ3n) is 3.00. The maximum Gasteiger partial charge on any atom is 0.407 e. The third-order valence-corrected chi connectivity index (χ3v) is 3.00. The van der Waals surface area contributed by atoms with E-state index >= 15 is 0 Å². The van der Waals surface area contributed by atoms with Crippen LogP contribution in [0.3, 0.4) is 0 Å². The number of benzene rings is 1. The Labute approximate surface area is 143 Å². The van der Waals surface area contributed by atoms with Crippen molar-refractivity contribution in [2.45, 2.75) is 52.7 Å². The summed E-state index contributed by atoms with van der Waals surface area (Å²) in [4.78, 5) is 23.5. The molecule has 2 N–H and O–H groups in total. The highest BCUT2D eigenvalue weighted by atomic mass is 16.6. The fourth-order valence-corrected chi connectivity index (χ4v) is 1.95. The van der Waals surface area contributed by atoms with E-state index < -0.39 is 11.7 Å². The van der Waals surface area contributed by atoms with Gasteiger partial charge in [0.1, 0.15) is 5.60 Å². The van der Waals surface area contributed by atoms with Gasteiger partial charge in [-0.3, -0.25) is 4.79 Å². The number of hydrogen-bond acceptors (Lipinski definition) is 4. The first-order chi connectivity index (χ1) is 11.3. The van der Waals surface area contributed by atoms with Crippen LogP contribution in [0.5, 0.6) is 0 Å². The average Bonchev–Trinajstić information content (AvgIpc) is 2.49. The van der Waals surface area contributed by atoms with Gasteiger partial charge in [-0.15, -0.1) is 0 Å². The molecule has 0 heterocycles. The molecule has 0 saturated carbocycles. The van der Waals surface area contributed by atoms with Crippen LogP contribution in [0, 0.1) is 0 Å². The van der Waals surface area contributed by atoms with Crippen LogP contribution in [0.4, 0.5) is 10.5 Å². The quantitative estimate of drug-likeness (QED) is 0.713. The maximum absolute atomic E-state index is 12.0. The first-order valence-corrected chi connectivity index (χ1v) is 8.24. The summed E-state index contributed by atoms with van der Waals surface area (Å²) in [6, 6.07) is 7.56. The zero-order chi connectivity index (χ0) is 18.0. The van der Waals surface area contributed by atoms with Crippen LogP contribution in [-0.2, 0) is 20.9 Å². The molecule has 0 unspecified atom stereocenters. The lowest BCUT2D eigenvalue weighted by atomic mass is 10.2. The SMILES string of the molecule is CCOCc1ccccc1NC(=O)CCCNC(=O)OC(C)(C)C. The lowest BCUT2D eigenvalue weighted by Crippen LogP contribution is -2.33. The van der Waals surface area contributed by atoms with Crippen molar-refractivity contribution < 1.29 is 19.1 Å². The number of rotatable bonds is 8. The Bertz CT molecular complexity index is 538. The summed E-state index contributed by atoms with van der Waals surface area (Å²) >= 11 is 0. The number of carbonyl (C=O) groups excluding carboxylic acids is 2. The first-order valence-electron chi connectivity index (χ1n) is 8.24. The van der Waals surface area contributed by atoms with E-state index in [-0.39, 0.29) is 5.91 Å². The molecule has 2 amide bonds. The molecular weight excluding hydrogens is 308 g/mol. The van der Waals surface area contributed by atoms with Crippen molar-refractivity contribution in [3.63, 3.8) is 0 Å². The number of ether oxygens (including phenoxy) is 2. The molecule has 0 aliphatic carbocycles. The molecule has 0 aromatic heterocycles. The topological polar surface area (TPSA) is 76.7 Å². The van der Waals surface area contributed by atoms with Gasteiger partial charge in [0.25, 0.3) is 0 Å². The highest BCUT2D eigenvalue weighted by molar-refractivity contribution is 5.91. The molecule has 0 aliphatic heterocycles. The minimum absolute atomic E-state index is 0.0927. The standard InChI is InChI=1S/C18H28N2O4/c1-5-23-13-14-9-6-7-10-15(14)20-16(21)11-8-12-19-17(22)24-18(2,3)4/h6-7,9-10H,5,8,11-13H2,1-4H3,(H,19,22)(H,20,21). The van der Waals surface area contributed by atoms with Gasteiger partial charge in [-0.05, 0) is 40.2 Å². The maximum atomic E-state index is 12.0. The molecule has 0 bridgehead atoms. The number of nitrogens with one attached hydrogen (secondary N) is 2. The molecule has 0 spiro atoms. The lowest BCUT2D eigenvalue weighted by Gasteiger charge is -2.19. The number of para-hydroxylation sites is 1. The number of anilines is 1. The van der Waals surface area contributed by atoms with Gasteiger partial charge < -0.3 is 20.1 Å². The molecule has 1 aromatic carbocycles. The van der Waals surface area contributed by atoms with Crippen LogP contribution >= 0.6 is 0 Å². The molecule has 134 valence electrons. The summed E-state index contributed by atoms with van der Waals surface area (Å²) in [5.41, 5.74) is 1.18. The average molecular weight is 336 g/mol. The summed E-state index contributed by atoms with van der Waals surface area (Å²) in [5.74, 6) is -0.0927. The van der Waals surface area contributed by atoms with Crippen LogP contribution in [0.1, 0.15) is 46.1 Å². The van der Waals surface area contributed by atoms with Crippen molar-refractivity contribution in [3.8, 4) is 0 Å². The second-order valence-corrected chi connectivity index (χ2v) is 6.37. The number of alkyl carbamates (subject to hydrolysis) is 1. The zero-order valence-corrected chi connectivity index (χ0v) is 15.0. The number of hydrogen-bond donors (Lipinski definition) is 2. The Morgan fingerprint density at radius 1 is 1.17 bits per heavy atom. The van der Waals surface area contributed by atoms with E-state index in [4.69, 9.17) is 9.47 Å². The van der Waals surface area contributed by atoms with Gasteiger partial charge in [-0.1, -0.05) is 18.2 Å². The minimum Gasteiger partial charge on any atom is -0.444 e. The van der Waals surface area contributed by atoms with Gasteiger partial charge in [0.15, 0.2) is 0 Å². The van der Waals surface area contributed by atoms with Crippen LogP contribution in [0.2, 0.25) is 0 Å². The van der Waals surface area contributed by atoms with E-state index in [9.17, 15) is 9.59 Å². The molecule has 0 fully saturated rings. The van der Waals surface area contributed by atoms with Crippen molar-refractivity contribution >= 4 is 17.7 Å². The van der Waals surface area contributed by atoms with Gasteiger partial charge in [0, 0.05) is 30.8 Å². The van der Waals surface area contributed by atoms with E-state index in [1.54, 1.807) is 20.8 Å². The van der Waals surface area contributed by atoms with Crippen LogP contribution < -0.4 is 10.6 Å². The smallest absolute Gasteiger partial charge is 0.407 e. The molecule has 1 rings (SSSR count). The third kappa shape index (κ3) is 8.53. The van der Waals surface area contributed by atoms with Gasteiger partial charge in [0.2, 0.25) is 5.91 Å².